The molecular weight excluding hydrogens is 170 g/mol. The summed E-state index contributed by atoms with van der Waals surface area (Å²) in [6, 6.07) is 4.69. The molecule has 70 valence electrons. The molecule has 13 heavy (non-hydrogen) atoms. The topological polar surface area (TPSA) is 0 Å². The second kappa shape index (κ2) is 3.69. The second-order valence-electron chi connectivity index (χ2n) is 3.27. The second-order valence-corrected chi connectivity index (χ2v) is 3.27. The van der Waals surface area contributed by atoms with Gasteiger partial charge in [0.1, 0.15) is 11.6 Å². The molecule has 1 aromatic rings. The van der Waals surface area contributed by atoms with Crippen LogP contribution in [-0.2, 0) is 0 Å². The Bertz CT molecular complexity index is 327. The fourth-order valence-corrected chi connectivity index (χ4v) is 1.21. The maximum absolute atomic E-state index is 13.5. The van der Waals surface area contributed by atoms with E-state index in [0.29, 0.717) is 5.56 Å². The van der Waals surface area contributed by atoms with Gasteiger partial charge in [0.05, 0.1) is 0 Å². The summed E-state index contributed by atoms with van der Waals surface area (Å²) in [5.41, 5.74) is 0.488. The molecule has 1 aromatic carbocycles. The molecule has 0 unspecified atom stereocenters. The molecule has 0 heterocycles. The lowest BCUT2D eigenvalue weighted by atomic mass is 9.99. The van der Waals surface area contributed by atoms with Crippen LogP contribution < -0.4 is 0 Å². The lowest BCUT2D eigenvalue weighted by molar-refractivity contribution is 0.588. The van der Waals surface area contributed by atoms with Crippen molar-refractivity contribution in [3.8, 4) is 0 Å². The first-order chi connectivity index (χ1) is 6.04. The monoisotopic (exact) mass is 182 g/mol. The summed E-state index contributed by atoms with van der Waals surface area (Å²) < 4.78 is 26.2. The van der Waals surface area contributed by atoms with E-state index in [0.717, 1.165) is 0 Å². The number of hydrogen-bond donors (Lipinski definition) is 0. The normalized spacial score (nSPS) is 10.5. The SMILES string of the molecule is C=C(F)c1cccc(C(C)C)c1F. The standard InChI is InChI=1S/C11H12F2/c1-7(2)9-5-4-6-10(8(3)12)11(9)13/h4-7H,3H2,1-2H3. The van der Waals surface area contributed by atoms with Crippen molar-refractivity contribution in [2.45, 2.75) is 19.8 Å². The summed E-state index contributed by atoms with van der Waals surface area (Å²) in [4.78, 5) is 0. The van der Waals surface area contributed by atoms with Crippen LogP contribution in [0.3, 0.4) is 0 Å². The van der Waals surface area contributed by atoms with Crippen LogP contribution in [0, 0.1) is 5.82 Å². The van der Waals surface area contributed by atoms with E-state index < -0.39 is 11.6 Å². The molecule has 0 aliphatic rings. The van der Waals surface area contributed by atoms with E-state index in [4.69, 9.17) is 0 Å². The van der Waals surface area contributed by atoms with Crippen molar-refractivity contribution in [2.75, 3.05) is 0 Å². The van der Waals surface area contributed by atoms with Gasteiger partial charge in [-0.15, -0.1) is 0 Å². The molecule has 0 saturated carbocycles. The molecule has 0 aliphatic carbocycles. The summed E-state index contributed by atoms with van der Waals surface area (Å²) in [6.45, 7) is 6.81. The molecule has 0 bridgehead atoms. The third-order valence-electron chi connectivity index (χ3n) is 1.94. The summed E-state index contributed by atoms with van der Waals surface area (Å²) in [7, 11) is 0. The molecule has 0 radical (unpaired) electrons. The molecule has 0 atom stereocenters. The largest absolute Gasteiger partial charge is 0.207 e. The number of rotatable bonds is 2. The van der Waals surface area contributed by atoms with Crippen LogP contribution in [0.1, 0.15) is 30.9 Å². The van der Waals surface area contributed by atoms with Crippen LogP contribution in [0.4, 0.5) is 8.78 Å². The predicted molar refractivity (Wildman–Crippen MR) is 50.6 cm³/mol. The van der Waals surface area contributed by atoms with Gasteiger partial charge in [-0.3, -0.25) is 0 Å². The van der Waals surface area contributed by atoms with Crippen LogP contribution in [-0.4, -0.2) is 0 Å². The number of hydrogen-bond acceptors (Lipinski definition) is 0. The first kappa shape index (κ1) is 9.90. The van der Waals surface area contributed by atoms with Crippen LogP contribution in [0.25, 0.3) is 5.83 Å². The van der Waals surface area contributed by atoms with Gasteiger partial charge in [-0.05, 0) is 17.5 Å². The third kappa shape index (κ3) is 1.94. The van der Waals surface area contributed by atoms with Gasteiger partial charge >= 0.3 is 0 Å². The fourth-order valence-electron chi connectivity index (χ4n) is 1.21. The van der Waals surface area contributed by atoms with Crippen LogP contribution in [0.15, 0.2) is 24.8 Å². The minimum absolute atomic E-state index is 0.0359. The Morgan fingerprint density at radius 3 is 2.46 bits per heavy atom. The highest BCUT2D eigenvalue weighted by atomic mass is 19.1. The Balaban J connectivity index is 3.26. The Morgan fingerprint density at radius 2 is 2.00 bits per heavy atom. The van der Waals surface area contributed by atoms with Crippen molar-refractivity contribution in [3.63, 3.8) is 0 Å². The Labute approximate surface area is 76.9 Å². The lowest BCUT2D eigenvalue weighted by Crippen LogP contribution is -1.96. The molecule has 2 heteroatoms. The lowest BCUT2D eigenvalue weighted by Gasteiger charge is -2.09. The van der Waals surface area contributed by atoms with Gasteiger partial charge in [0.25, 0.3) is 0 Å². The molecule has 0 amide bonds. The molecule has 0 aromatic heterocycles. The average molecular weight is 182 g/mol. The predicted octanol–water partition coefficient (Wildman–Crippen LogP) is 3.89. The summed E-state index contributed by atoms with van der Waals surface area (Å²) in [5.74, 6) is -1.16. The van der Waals surface area contributed by atoms with Gasteiger partial charge in [-0.25, -0.2) is 8.78 Å². The summed E-state index contributed by atoms with van der Waals surface area (Å²) in [5, 5.41) is 0. The van der Waals surface area contributed by atoms with E-state index in [1.165, 1.54) is 6.07 Å². The molecule has 0 spiro atoms. The van der Waals surface area contributed by atoms with E-state index in [1.54, 1.807) is 12.1 Å². The maximum Gasteiger partial charge on any atom is 0.136 e. The van der Waals surface area contributed by atoms with Crippen molar-refractivity contribution in [2.24, 2.45) is 0 Å². The number of benzene rings is 1. The van der Waals surface area contributed by atoms with Crippen LogP contribution in [0.5, 0.6) is 0 Å². The Kier molecular flexibility index (Phi) is 2.81. The summed E-state index contributed by atoms with van der Waals surface area (Å²) >= 11 is 0. The molecule has 0 N–H and O–H groups in total. The zero-order valence-electron chi connectivity index (χ0n) is 7.77. The highest BCUT2D eigenvalue weighted by Crippen LogP contribution is 2.25. The highest BCUT2D eigenvalue weighted by molar-refractivity contribution is 5.58. The van der Waals surface area contributed by atoms with E-state index in [1.807, 2.05) is 13.8 Å². The molecule has 0 nitrogen and oxygen atoms in total. The quantitative estimate of drug-likeness (QED) is 0.650. The molecule has 0 saturated heterocycles. The summed E-state index contributed by atoms with van der Waals surface area (Å²) in [6.07, 6.45) is 0. The molecular formula is C11H12F2. The first-order valence-electron chi connectivity index (χ1n) is 4.17. The van der Waals surface area contributed by atoms with Gasteiger partial charge < -0.3 is 0 Å². The Morgan fingerprint density at radius 1 is 1.38 bits per heavy atom. The van der Waals surface area contributed by atoms with Gasteiger partial charge in [0, 0.05) is 5.56 Å². The van der Waals surface area contributed by atoms with Crippen molar-refractivity contribution < 1.29 is 8.78 Å². The van der Waals surface area contributed by atoms with Gasteiger partial charge in [-0.2, -0.15) is 0 Å². The van der Waals surface area contributed by atoms with Crippen molar-refractivity contribution in [1.29, 1.82) is 0 Å². The van der Waals surface area contributed by atoms with Crippen molar-refractivity contribution in [3.05, 3.63) is 41.7 Å². The minimum atomic E-state index is -0.722. The van der Waals surface area contributed by atoms with E-state index in [2.05, 4.69) is 6.58 Å². The van der Waals surface area contributed by atoms with E-state index in [9.17, 15) is 8.78 Å². The minimum Gasteiger partial charge on any atom is -0.207 e. The van der Waals surface area contributed by atoms with Gasteiger partial charge in [0.2, 0.25) is 0 Å². The van der Waals surface area contributed by atoms with E-state index >= 15 is 0 Å². The zero-order valence-corrected chi connectivity index (χ0v) is 7.77. The van der Waals surface area contributed by atoms with E-state index in [-0.39, 0.29) is 11.5 Å². The third-order valence-corrected chi connectivity index (χ3v) is 1.94. The molecule has 1 rings (SSSR count). The molecule has 0 aliphatic heterocycles. The van der Waals surface area contributed by atoms with Gasteiger partial charge in [-0.1, -0.05) is 32.6 Å². The Hall–Kier alpha value is -1.18. The number of halogens is 2. The average Bonchev–Trinajstić information content (AvgIpc) is 2.03. The maximum atomic E-state index is 13.5. The van der Waals surface area contributed by atoms with Gasteiger partial charge in [0.15, 0.2) is 0 Å². The first-order valence-corrected chi connectivity index (χ1v) is 4.17. The highest BCUT2D eigenvalue weighted by Gasteiger charge is 2.12. The van der Waals surface area contributed by atoms with Crippen molar-refractivity contribution >= 4 is 5.83 Å². The smallest absolute Gasteiger partial charge is 0.136 e. The van der Waals surface area contributed by atoms with Crippen molar-refractivity contribution in [1.82, 2.24) is 0 Å². The van der Waals surface area contributed by atoms with Crippen LogP contribution >= 0.6 is 0 Å². The molecule has 0 fully saturated rings. The van der Waals surface area contributed by atoms with Crippen LogP contribution in [0.2, 0.25) is 0 Å². The zero-order chi connectivity index (χ0) is 10.0. The fraction of sp³-hybridized carbons (Fsp3) is 0.273.